The zero-order chi connectivity index (χ0) is 26.5. The number of hydrogen-bond acceptors (Lipinski definition) is 4. The molecule has 35 heavy (non-hydrogen) atoms. The number of pyridine rings is 1. The number of benzene rings is 2. The van der Waals surface area contributed by atoms with E-state index in [0.29, 0.717) is 16.6 Å². The van der Waals surface area contributed by atoms with Gasteiger partial charge in [0.1, 0.15) is 11.3 Å². The van der Waals surface area contributed by atoms with Crippen molar-refractivity contribution in [3.8, 4) is 5.75 Å². The number of phenolic OH excluding ortho intramolecular Hbond substituents is 1. The summed E-state index contributed by atoms with van der Waals surface area (Å²) < 4.78 is 59.0. The Bertz CT molecular complexity index is 1230. The Labute approximate surface area is 197 Å². The summed E-state index contributed by atoms with van der Waals surface area (Å²) in [5.74, 6) is -4.97. The van der Waals surface area contributed by atoms with Crippen LogP contribution in [0.4, 0.5) is 22.0 Å². The first kappa shape index (κ1) is 27.5. The van der Waals surface area contributed by atoms with E-state index in [1.54, 1.807) is 12.1 Å². The summed E-state index contributed by atoms with van der Waals surface area (Å²) in [7, 11) is 0. The number of amides is 1. The first-order chi connectivity index (χ1) is 16.2. The highest BCUT2D eigenvalue weighted by Gasteiger charge is 2.38. The normalized spacial score (nSPS) is 12.1. The molecule has 3 rings (SSSR count). The van der Waals surface area contributed by atoms with Gasteiger partial charge < -0.3 is 15.5 Å². The molecule has 0 bridgehead atoms. The second-order valence-electron chi connectivity index (χ2n) is 8.10. The molecule has 2 aromatic carbocycles. The maximum Gasteiger partial charge on any atom is 0.490 e. The largest absolute Gasteiger partial charge is 0.505 e. The average Bonchev–Trinajstić information content (AvgIpc) is 2.74. The van der Waals surface area contributed by atoms with E-state index in [-0.39, 0.29) is 24.0 Å². The smallest absolute Gasteiger partial charge is 0.490 e. The van der Waals surface area contributed by atoms with E-state index in [1.165, 1.54) is 6.07 Å². The van der Waals surface area contributed by atoms with Crippen molar-refractivity contribution in [1.29, 1.82) is 0 Å². The Morgan fingerprint density at radius 2 is 1.63 bits per heavy atom. The van der Waals surface area contributed by atoms with Crippen LogP contribution in [0.25, 0.3) is 10.9 Å². The summed E-state index contributed by atoms with van der Waals surface area (Å²) in [4.78, 5) is 25.7. The van der Waals surface area contributed by atoms with Gasteiger partial charge in [-0.3, -0.25) is 4.79 Å². The van der Waals surface area contributed by atoms with Crippen LogP contribution >= 0.6 is 0 Å². The first-order valence-electron chi connectivity index (χ1n) is 10.3. The number of phenols is 1. The van der Waals surface area contributed by atoms with Crippen molar-refractivity contribution >= 4 is 22.8 Å². The molecule has 188 valence electrons. The summed E-state index contributed by atoms with van der Waals surface area (Å²) in [5, 5.41) is 21.5. The predicted octanol–water partition coefficient (Wildman–Crippen LogP) is 5.41. The molecular formula is C24H23F5N2O4. The molecule has 0 aliphatic heterocycles. The molecule has 3 aromatic rings. The number of rotatable bonds is 5. The number of halogens is 5. The number of aromatic hydroxyl groups is 1. The lowest BCUT2D eigenvalue weighted by Crippen LogP contribution is -2.30. The van der Waals surface area contributed by atoms with E-state index in [0.717, 1.165) is 23.2 Å². The number of fused-ring (bicyclic) bond motifs is 1. The lowest BCUT2D eigenvalue weighted by molar-refractivity contribution is -0.192. The summed E-state index contributed by atoms with van der Waals surface area (Å²) >= 11 is 0. The van der Waals surface area contributed by atoms with Gasteiger partial charge in [-0.05, 0) is 36.6 Å². The molecule has 0 aliphatic carbocycles. The number of carboxylic acid groups (broad SMARTS) is 1. The van der Waals surface area contributed by atoms with Crippen LogP contribution in [-0.2, 0) is 9.59 Å². The Morgan fingerprint density at radius 1 is 1.03 bits per heavy atom. The van der Waals surface area contributed by atoms with Crippen molar-refractivity contribution in [2.45, 2.75) is 39.4 Å². The molecule has 11 heteroatoms. The van der Waals surface area contributed by atoms with E-state index >= 15 is 0 Å². The van der Waals surface area contributed by atoms with Gasteiger partial charge >= 0.3 is 12.1 Å². The van der Waals surface area contributed by atoms with Crippen LogP contribution in [-0.4, -0.2) is 33.2 Å². The minimum Gasteiger partial charge on any atom is -0.505 e. The average molecular weight is 498 g/mol. The van der Waals surface area contributed by atoms with Crippen LogP contribution in [0.3, 0.4) is 0 Å². The van der Waals surface area contributed by atoms with Crippen LogP contribution in [0.1, 0.15) is 43.1 Å². The highest BCUT2D eigenvalue weighted by molar-refractivity contribution is 5.86. The molecule has 1 aromatic heterocycles. The Hall–Kier alpha value is -3.76. The minimum atomic E-state index is -5.08. The van der Waals surface area contributed by atoms with Crippen LogP contribution < -0.4 is 5.32 Å². The number of carboxylic acids is 1. The lowest BCUT2D eigenvalue weighted by atomic mass is 9.95. The molecule has 6 nitrogen and oxygen atoms in total. The van der Waals surface area contributed by atoms with Crippen LogP contribution in [0.2, 0.25) is 0 Å². The standard InChI is InChI=1S/C22H22F2N2O2.C2HF3O2/c1-12(2)10-19(27)26-20(15-7-9-17(23)18(24)11-15)16-8-6-14-5-4-13(3)25-21(14)22(16)28;3-2(4,5)1(6)7/h4-9,11-12,20,28H,10H2,1-3H3,(H,26,27);(H,6,7). The minimum absolute atomic E-state index is 0.0965. The maximum absolute atomic E-state index is 13.8. The molecule has 1 unspecified atom stereocenters. The van der Waals surface area contributed by atoms with E-state index in [4.69, 9.17) is 9.90 Å². The summed E-state index contributed by atoms with van der Waals surface area (Å²) in [5.41, 5.74) is 1.82. The molecule has 1 atom stereocenters. The van der Waals surface area contributed by atoms with E-state index in [1.807, 2.05) is 32.9 Å². The van der Waals surface area contributed by atoms with Crippen molar-refractivity contribution in [2.75, 3.05) is 0 Å². The number of hydrogen-bond donors (Lipinski definition) is 3. The third-order valence-electron chi connectivity index (χ3n) is 4.74. The van der Waals surface area contributed by atoms with Gasteiger partial charge in [-0.15, -0.1) is 0 Å². The van der Waals surface area contributed by atoms with Crippen LogP contribution in [0, 0.1) is 24.5 Å². The highest BCUT2D eigenvalue weighted by atomic mass is 19.4. The van der Waals surface area contributed by atoms with Gasteiger partial charge in [0.25, 0.3) is 0 Å². The second kappa shape index (κ2) is 11.1. The van der Waals surface area contributed by atoms with Crippen molar-refractivity contribution < 1.29 is 41.8 Å². The van der Waals surface area contributed by atoms with Crippen molar-refractivity contribution in [3.05, 3.63) is 70.9 Å². The summed E-state index contributed by atoms with van der Waals surface area (Å²) in [6.45, 7) is 5.63. The Morgan fingerprint density at radius 3 is 2.17 bits per heavy atom. The second-order valence-corrected chi connectivity index (χ2v) is 8.10. The third-order valence-corrected chi connectivity index (χ3v) is 4.74. The number of nitrogens with one attached hydrogen (secondary N) is 1. The molecule has 1 amide bonds. The Balaban J connectivity index is 0.000000540. The van der Waals surface area contributed by atoms with Crippen molar-refractivity contribution in [1.82, 2.24) is 10.3 Å². The Kier molecular flexibility index (Phi) is 8.72. The number of nitrogens with zero attached hydrogens (tertiary/aromatic N) is 1. The van der Waals surface area contributed by atoms with E-state index in [2.05, 4.69) is 10.3 Å². The van der Waals surface area contributed by atoms with Gasteiger partial charge in [-0.1, -0.05) is 38.1 Å². The van der Waals surface area contributed by atoms with E-state index < -0.39 is 29.8 Å². The summed E-state index contributed by atoms with van der Waals surface area (Å²) in [6, 6.07) is 9.70. The molecule has 0 fully saturated rings. The molecule has 0 saturated heterocycles. The number of aromatic nitrogens is 1. The molecular weight excluding hydrogens is 475 g/mol. The van der Waals surface area contributed by atoms with Gasteiger partial charge in [0.15, 0.2) is 11.6 Å². The van der Waals surface area contributed by atoms with Gasteiger partial charge in [0, 0.05) is 23.1 Å². The fourth-order valence-electron chi connectivity index (χ4n) is 3.14. The predicted molar refractivity (Wildman–Crippen MR) is 118 cm³/mol. The number of carbonyl (C=O) groups excluding carboxylic acids is 1. The first-order valence-corrected chi connectivity index (χ1v) is 10.3. The van der Waals surface area contributed by atoms with Gasteiger partial charge in [0.05, 0.1) is 6.04 Å². The molecule has 1 heterocycles. The third kappa shape index (κ3) is 7.36. The van der Waals surface area contributed by atoms with Gasteiger partial charge in [-0.2, -0.15) is 13.2 Å². The lowest BCUT2D eigenvalue weighted by Gasteiger charge is -2.22. The number of alkyl halides is 3. The van der Waals surface area contributed by atoms with Gasteiger partial charge in [0.2, 0.25) is 5.91 Å². The monoisotopic (exact) mass is 498 g/mol. The van der Waals surface area contributed by atoms with Crippen molar-refractivity contribution in [2.24, 2.45) is 5.92 Å². The molecule has 0 saturated carbocycles. The van der Waals surface area contributed by atoms with Gasteiger partial charge in [-0.25, -0.2) is 18.6 Å². The topological polar surface area (TPSA) is 99.5 Å². The van der Waals surface area contributed by atoms with Crippen molar-refractivity contribution in [3.63, 3.8) is 0 Å². The number of aryl methyl sites for hydroxylation is 1. The quantitative estimate of drug-likeness (QED) is 0.409. The number of carbonyl (C=O) groups is 2. The van der Waals surface area contributed by atoms with Crippen LogP contribution in [0.15, 0.2) is 42.5 Å². The zero-order valence-electron chi connectivity index (χ0n) is 19.0. The fraction of sp³-hybridized carbons (Fsp3) is 0.292. The molecule has 0 aliphatic rings. The fourth-order valence-corrected chi connectivity index (χ4v) is 3.14. The molecule has 3 N–H and O–H groups in total. The molecule has 0 radical (unpaired) electrons. The molecule has 0 spiro atoms. The van der Waals surface area contributed by atoms with Crippen LogP contribution in [0.5, 0.6) is 5.75 Å². The number of aliphatic carboxylic acids is 1. The summed E-state index contributed by atoms with van der Waals surface area (Å²) in [6.07, 6.45) is -4.81. The highest BCUT2D eigenvalue weighted by Crippen LogP contribution is 2.35. The SMILES string of the molecule is Cc1ccc2ccc(C(NC(=O)CC(C)C)c3ccc(F)c(F)c3)c(O)c2n1.O=C(O)C(F)(F)F. The zero-order valence-corrected chi connectivity index (χ0v) is 19.0. The van der Waals surface area contributed by atoms with E-state index in [9.17, 15) is 31.9 Å². The maximum atomic E-state index is 13.8.